The van der Waals surface area contributed by atoms with E-state index in [1.54, 1.807) is 0 Å². The Morgan fingerprint density at radius 3 is 1.69 bits per heavy atom. The fourth-order valence-electron chi connectivity index (χ4n) is 1.45. The molecule has 80 valence electrons. The molecule has 0 aliphatic heterocycles. The van der Waals surface area contributed by atoms with E-state index >= 15 is 0 Å². The van der Waals surface area contributed by atoms with Gasteiger partial charge in [0.2, 0.25) is 0 Å². The molecule has 0 heterocycles. The van der Waals surface area contributed by atoms with Crippen LogP contribution < -0.4 is 5.73 Å². The van der Waals surface area contributed by atoms with Crippen LogP contribution in [-0.4, -0.2) is 12.2 Å². The molecule has 1 aliphatic carbocycles. The maximum atomic E-state index is 12.0. The normalized spacial score (nSPS) is 29.1. The predicted molar refractivity (Wildman–Crippen MR) is 47.3 cm³/mol. The van der Waals surface area contributed by atoms with Gasteiger partial charge in [-0.05, 0) is 25.7 Å². The standard InChI is InChI=1S/C7H12F3N.C2H6/c8-7(9,10)5-1-3-6(11)4-2-5;1-2/h5-6H,1-4,11H2;1-2H3. The number of hydrogen-bond donors (Lipinski definition) is 1. The Balaban J connectivity index is 0.000000671. The van der Waals surface area contributed by atoms with Crippen molar-refractivity contribution >= 4 is 0 Å². The molecule has 2 N–H and O–H groups in total. The Hall–Kier alpha value is -0.250. The third-order valence-corrected chi connectivity index (χ3v) is 2.23. The van der Waals surface area contributed by atoms with E-state index in [1.807, 2.05) is 13.8 Å². The van der Waals surface area contributed by atoms with Gasteiger partial charge < -0.3 is 5.73 Å². The third kappa shape index (κ3) is 4.50. The average molecular weight is 197 g/mol. The van der Waals surface area contributed by atoms with Crippen LogP contribution >= 0.6 is 0 Å². The fraction of sp³-hybridized carbons (Fsp3) is 1.00. The van der Waals surface area contributed by atoms with Crippen LogP contribution in [0.2, 0.25) is 0 Å². The second-order valence-electron chi connectivity index (χ2n) is 3.15. The molecule has 0 saturated heterocycles. The first-order valence-corrected chi connectivity index (χ1v) is 4.82. The lowest BCUT2D eigenvalue weighted by Gasteiger charge is -2.27. The van der Waals surface area contributed by atoms with Gasteiger partial charge in [-0.1, -0.05) is 13.8 Å². The summed E-state index contributed by atoms with van der Waals surface area (Å²) in [5.74, 6) is -1.10. The second-order valence-corrected chi connectivity index (χ2v) is 3.15. The average Bonchev–Trinajstić information content (AvgIpc) is 2.07. The van der Waals surface area contributed by atoms with Gasteiger partial charge in [-0.25, -0.2) is 0 Å². The lowest BCUT2D eigenvalue weighted by Crippen LogP contribution is -2.33. The first-order chi connectivity index (χ1) is 6.00. The van der Waals surface area contributed by atoms with E-state index in [1.165, 1.54) is 0 Å². The first-order valence-electron chi connectivity index (χ1n) is 4.82. The quantitative estimate of drug-likeness (QED) is 0.634. The molecule has 0 amide bonds. The third-order valence-electron chi connectivity index (χ3n) is 2.23. The van der Waals surface area contributed by atoms with Crippen molar-refractivity contribution in [3.05, 3.63) is 0 Å². The van der Waals surface area contributed by atoms with Crippen LogP contribution in [0.5, 0.6) is 0 Å². The van der Waals surface area contributed by atoms with Gasteiger partial charge in [-0.15, -0.1) is 0 Å². The monoisotopic (exact) mass is 197 g/mol. The van der Waals surface area contributed by atoms with Crippen LogP contribution in [0.1, 0.15) is 39.5 Å². The van der Waals surface area contributed by atoms with Gasteiger partial charge in [-0.3, -0.25) is 0 Å². The summed E-state index contributed by atoms with van der Waals surface area (Å²) in [5, 5.41) is 0. The topological polar surface area (TPSA) is 26.0 Å². The van der Waals surface area contributed by atoms with E-state index in [0.29, 0.717) is 12.8 Å². The minimum atomic E-state index is -4.00. The number of hydrogen-bond acceptors (Lipinski definition) is 1. The van der Waals surface area contributed by atoms with E-state index in [-0.39, 0.29) is 18.9 Å². The van der Waals surface area contributed by atoms with E-state index in [0.717, 1.165) is 0 Å². The molecule has 0 aromatic rings. The predicted octanol–water partition coefficient (Wildman–Crippen LogP) is 3.09. The Kier molecular flexibility index (Phi) is 5.37. The molecule has 0 spiro atoms. The molecule has 0 aromatic heterocycles. The van der Waals surface area contributed by atoms with E-state index < -0.39 is 12.1 Å². The van der Waals surface area contributed by atoms with Gasteiger partial charge in [0.25, 0.3) is 0 Å². The van der Waals surface area contributed by atoms with Gasteiger partial charge in [-0.2, -0.15) is 13.2 Å². The van der Waals surface area contributed by atoms with Gasteiger partial charge in [0.05, 0.1) is 5.92 Å². The van der Waals surface area contributed by atoms with Gasteiger partial charge >= 0.3 is 6.18 Å². The SMILES string of the molecule is CC.NC1CCC(C(F)(F)F)CC1. The summed E-state index contributed by atoms with van der Waals surface area (Å²) in [6.07, 6.45) is -2.54. The molecule has 1 aliphatic rings. The molecule has 0 aromatic carbocycles. The molecule has 1 saturated carbocycles. The van der Waals surface area contributed by atoms with Crippen molar-refractivity contribution in [3.8, 4) is 0 Å². The van der Waals surface area contributed by atoms with E-state index in [4.69, 9.17) is 5.73 Å². The summed E-state index contributed by atoms with van der Waals surface area (Å²) in [6, 6.07) is -0.00593. The van der Waals surface area contributed by atoms with Gasteiger partial charge in [0, 0.05) is 6.04 Å². The summed E-state index contributed by atoms with van der Waals surface area (Å²) in [7, 11) is 0. The first kappa shape index (κ1) is 12.8. The van der Waals surface area contributed by atoms with Crippen LogP contribution in [0.4, 0.5) is 13.2 Å². The maximum absolute atomic E-state index is 12.0. The van der Waals surface area contributed by atoms with Crippen LogP contribution in [0.25, 0.3) is 0 Å². The van der Waals surface area contributed by atoms with E-state index in [2.05, 4.69) is 0 Å². The Bertz CT molecular complexity index is 125. The zero-order valence-corrected chi connectivity index (χ0v) is 8.19. The number of nitrogens with two attached hydrogens (primary N) is 1. The summed E-state index contributed by atoms with van der Waals surface area (Å²) >= 11 is 0. The van der Waals surface area contributed by atoms with Crippen molar-refractivity contribution in [3.63, 3.8) is 0 Å². The van der Waals surface area contributed by atoms with Crippen LogP contribution in [0.15, 0.2) is 0 Å². The number of halogens is 3. The molecule has 1 fully saturated rings. The minimum absolute atomic E-state index is 0.00593. The second kappa shape index (κ2) is 5.47. The van der Waals surface area contributed by atoms with Crippen LogP contribution in [-0.2, 0) is 0 Å². The number of alkyl halides is 3. The molecule has 0 unspecified atom stereocenters. The zero-order valence-electron chi connectivity index (χ0n) is 8.19. The van der Waals surface area contributed by atoms with Crippen molar-refractivity contribution in [2.75, 3.05) is 0 Å². The molecular formula is C9H18F3N. The molecule has 0 radical (unpaired) electrons. The summed E-state index contributed by atoms with van der Waals surface area (Å²) in [6.45, 7) is 4.00. The Labute approximate surface area is 77.5 Å². The molecule has 0 bridgehead atoms. The lowest BCUT2D eigenvalue weighted by molar-refractivity contribution is -0.182. The number of rotatable bonds is 0. The summed E-state index contributed by atoms with van der Waals surface area (Å²) in [4.78, 5) is 0. The highest BCUT2D eigenvalue weighted by Crippen LogP contribution is 2.36. The molecular weight excluding hydrogens is 179 g/mol. The lowest BCUT2D eigenvalue weighted by atomic mass is 9.86. The Morgan fingerprint density at radius 1 is 1.00 bits per heavy atom. The van der Waals surface area contributed by atoms with E-state index in [9.17, 15) is 13.2 Å². The largest absolute Gasteiger partial charge is 0.391 e. The van der Waals surface area contributed by atoms with Crippen molar-refractivity contribution in [2.45, 2.75) is 51.7 Å². The fourth-order valence-corrected chi connectivity index (χ4v) is 1.45. The highest BCUT2D eigenvalue weighted by molar-refractivity contribution is 4.78. The smallest absolute Gasteiger partial charge is 0.328 e. The molecule has 1 nitrogen and oxygen atoms in total. The van der Waals surface area contributed by atoms with Crippen molar-refractivity contribution < 1.29 is 13.2 Å². The van der Waals surface area contributed by atoms with Gasteiger partial charge in [0.1, 0.15) is 0 Å². The van der Waals surface area contributed by atoms with Crippen molar-refractivity contribution in [1.82, 2.24) is 0 Å². The molecule has 0 atom stereocenters. The summed E-state index contributed by atoms with van der Waals surface area (Å²) < 4.78 is 36.1. The van der Waals surface area contributed by atoms with Gasteiger partial charge in [0.15, 0.2) is 0 Å². The molecule has 1 rings (SSSR count). The minimum Gasteiger partial charge on any atom is -0.328 e. The van der Waals surface area contributed by atoms with Crippen LogP contribution in [0.3, 0.4) is 0 Å². The Morgan fingerprint density at radius 2 is 1.38 bits per heavy atom. The van der Waals surface area contributed by atoms with Crippen LogP contribution in [0, 0.1) is 5.92 Å². The highest BCUT2D eigenvalue weighted by Gasteiger charge is 2.40. The highest BCUT2D eigenvalue weighted by atomic mass is 19.4. The zero-order chi connectivity index (χ0) is 10.5. The maximum Gasteiger partial charge on any atom is 0.391 e. The summed E-state index contributed by atoms with van der Waals surface area (Å²) in [5.41, 5.74) is 5.47. The molecule has 4 heteroatoms. The van der Waals surface area contributed by atoms with Crippen molar-refractivity contribution in [2.24, 2.45) is 11.7 Å². The van der Waals surface area contributed by atoms with Crippen molar-refractivity contribution in [1.29, 1.82) is 0 Å². The molecule has 13 heavy (non-hydrogen) atoms.